The molecule has 0 saturated heterocycles. The SMILES string of the molecule is CN1C=NC(c2ccccc2)(c2ccccc2)C1=O. The van der Waals surface area contributed by atoms with E-state index in [1.54, 1.807) is 18.3 Å². The first-order valence-corrected chi connectivity index (χ1v) is 6.19. The van der Waals surface area contributed by atoms with E-state index in [0.717, 1.165) is 11.1 Å². The zero-order chi connectivity index (χ0) is 13.3. The van der Waals surface area contributed by atoms with Gasteiger partial charge in [-0.05, 0) is 11.1 Å². The first kappa shape index (κ1) is 11.7. The topological polar surface area (TPSA) is 32.7 Å². The van der Waals surface area contributed by atoms with Crippen LogP contribution in [-0.2, 0) is 10.3 Å². The minimum atomic E-state index is -0.933. The summed E-state index contributed by atoms with van der Waals surface area (Å²) in [5.41, 5.74) is 0.857. The monoisotopic (exact) mass is 250 g/mol. The van der Waals surface area contributed by atoms with E-state index in [2.05, 4.69) is 4.99 Å². The fraction of sp³-hybridized carbons (Fsp3) is 0.125. The zero-order valence-electron chi connectivity index (χ0n) is 10.7. The maximum absolute atomic E-state index is 12.6. The highest BCUT2D eigenvalue weighted by Gasteiger charge is 2.46. The third kappa shape index (κ3) is 1.66. The van der Waals surface area contributed by atoms with Crippen molar-refractivity contribution < 1.29 is 4.79 Å². The minimum Gasteiger partial charge on any atom is -0.304 e. The zero-order valence-corrected chi connectivity index (χ0v) is 10.7. The molecule has 0 spiro atoms. The van der Waals surface area contributed by atoms with E-state index in [1.807, 2.05) is 60.7 Å². The molecule has 0 aromatic heterocycles. The molecule has 1 amide bonds. The maximum Gasteiger partial charge on any atom is 0.264 e. The Hall–Kier alpha value is -2.42. The number of hydrogen-bond acceptors (Lipinski definition) is 2. The van der Waals surface area contributed by atoms with Crippen LogP contribution in [0.1, 0.15) is 11.1 Å². The number of benzene rings is 2. The fourth-order valence-corrected chi connectivity index (χ4v) is 2.46. The predicted molar refractivity (Wildman–Crippen MR) is 74.9 cm³/mol. The second-order valence-electron chi connectivity index (χ2n) is 4.60. The fourth-order valence-electron chi connectivity index (χ4n) is 2.46. The van der Waals surface area contributed by atoms with Gasteiger partial charge in [-0.1, -0.05) is 60.7 Å². The molecule has 3 heteroatoms. The van der Waals surface area contributed by atoms with Crippen LogP contribution in [0.2, 0.25) is 0 Å². The molecule has 0 atom stereocenters. The third-order valence-corrected chi connectivity index (χ3v) is 3.44. The Kier molecular flexibility index (Phi) is 2.67. The first-order chi connectivity index (χ1) is 9.25. The van der Waals surface area contributed by atoms with Crippen LogP contribution in [0.15, 0.2) is 65.7 Å². The molecule has 3 rings (SSSR count). The summed E-state index contributed by atoms with van der Waals surface area (Å²) in [5.74, 6) is -0.0232. The van der Waals surface area contributed by atoms with Crippen molar-refractivity contribution in [1.29, 1.82) is 0 Å². The summed E-state index contributed by atoms with van der Waals surface area (Å²) in [5, 5.41) is 0. The summed E-state index contributed by atoms with van der Waals surface area (Å²) >= 11 is 0. The highest BCUT2D eigenvalue weighted by atomic mass is 16.2. The molecule has 0 N–H and O–H groups in total. The van der Waals surface area contributed by atoms with Gasteiger partial charge in [-0.15, -0.1) is 0 Å². The molecule has 0 saturated carbocycles. The van der Waals surface area contributed by atoms with E-state index in [9.17, 15) is 4.79 Å². The van der Waals surface area contributed by atoms with Crippen LogP contribution in [0.5, 0.6) is 0 Å². The summed E-state index contributed by atoms with van der Waals surface area (Å²) in [6.07, 6.45) is 1.60. The Morgan fingerprint density at radius 2 is 1.37 bits per heavy atom. The molecule has 2 aromatic carbocycles. The lowest BCUT2D eigenvalue weighted by molar-refractivity contribution is -0.129. The third-order valence-electron chi connectivity index (χ3n) is 3.44. The van der Waals surface area contributed by atoms with E-state index < -0.39 is 5.54 Å². The van der Waals surface area contributed by atoms with Crippen molar-refractivity contribution in [2.24, 2.45) is 4.99 Å². The number of amides is 1. The van der Waals surface area contributed by atoms with Gasteiger partial charge in [0.2, 0.25) is 0 Å². The Morgan fingerprint density at radius 1 is 0.895 bits per heavy atom. The number of rotatable bonds is 2. The van der Waals surface area contributed by atoms with E-state index in [1.165, 1.54) is 0 Å². The second kappa shape index (κ2) is 4.35. The quantitative estimate of drug-likeness (QED) is 0.805. The molecular weight excluding hydrogens is 236 g/mol. The van der Waals surface area contributed by atoms with Crippen LogP contribution in [0.3, 0.4) is 0 Å². The lowest BCUT2D eigenvalue weighted by atomic mass is 9.83. The molecule has 0 radical (unpaired) electrons. The standard InChI is InChI=1S/C16H14N2O/c1-18-12-17-16(15(18)19,13-8-4-2-5-9-13)14-10-6-3-7-11-14/h2-12H,1H3. The number of aliphatic imine (C=N–C) groups is 1. The molecule has 94 valence electrons. The van der Waals surface area contributed by atoms with Crippen LogP contribution in [0, 0.1) is 0 Å². The van der Waals surface area contributed by atoms with Crippen molar-refractivity contribution in [3.8, 4) is 0 Å². The summed E-state index contributed by atoms with van der Waals surface area (Å²) in [7, 11) is 1.74. The lowest BCUT2D eigenvalue weighted by Gasteiger charge is -2.26. The minimum absolute atomic E-state index is 0.0232. The predicted octanol–water partition coefficient (Wildman–Crippen LogP) is 2.43. The molecule has 0 bridgehead atoms. The normalized spacial score (nSPS) is 16.9. The molecule has 1 aliphatic rings. The van der Waals surface area contributed by atoms with Crippen molar-refractivity contribution in [2.45, 2.75) is 5.54 Å². The van der Waals surface area contributed by atoms with Gasteiger partial charge in [0.05, 0.1) is 6.34 Å². The number of nitrogens with zero attached hydrogens (tertiary/aromatic N) is 2. The van der Waals surface area contributed by atoms with Gasteiger partial charge in [0.1, 0.15) is 0 Å². The van der Waals surface area contributed by atoms with Crippen LogP contribution < -0.4 is 0 Å². The first-order valence-electron chi connectivity index (χ1n) is 6.19. The van der Waals surface area contributed by atoms with Gasteiger partial charge >= 0.3 is 0 Å². The average molecular weight is 250 g/mol. The number of hydrogen-bond donors (Lipinski definition) is 0. The Morgan fingerprint density at radius 3 is 1.74 bits per heavy atom. The maximum atomic E-state index is 12.6. The molecule has 0 fully saturated rings. The van der Waals surface area contributed by atoms with Gasteiger partial charge in [0.15, 0.2) is 5.54 Å². The molecule has 2 aromatic rings. The Labute approximate surface area is 112 Å². The Bertz CT molecular complexity index is 580. The highest BCUT2D eigenvalue weighted by Crippen LogP contribution is 2.37. The van der Waals surface area contributed by atoms with Gasteiger partial charge in [0, 0.05) is 7.05 Å². The van der Waals surface area contributed by atoms with Gasteiger partial charge in [-0.3, -0.25) is 4.79 Å². The van der Waals surface area contributed by atoms with Gasteiger partial charge in [-0.25, -0.2) is 4.99 Å². The van der Waals surface area contributed by atoms with E-state index in [4.69, 9.17) is 0 Å². The summed E-state index contributed by atoms with van der Waals surface area (Å²) in [6, 6.07) is 19.4. The van der Waals surface area contributed by atoms with Gasteiger partial charge in [0.25, 0.3) is 5.91 Å². The lowest BCUT2D eigenvalue weighted by Crippen LogP contribution is -2.38. The van der Waals surface area contributed by atoms with Crippen LogP contribution in [0.4, 0.5) is 0 Å². The largest absolute Gasteiger partial charge is 0.304 e. The van der Waals surface area contributed by atoms with E-state index in [-0.39, 0.29) is 5.91 Å². The highest BCUT2D eigenvalue weighted by molar-refractivity contribution is 6.03. The smallest absolute Gasteiger partial charge is 0.264 e. The second-order valence-corrected chi connectivity index (χ2v) is 4.60. The van der Waals surface area contributed by atoms with E-state index >= 15 is 0 Å². The van der Waals surface area contributed by atoms with Gasteiger partial charge in [-0.2, -0.15) is 0 Å². The Balaban J connectivity index is 2.24. The number of likely N-dealkylation sites (N-methyl/N-ethyl adjacent to an activating group) is 1. The van der Waals surface area contributed by atoms with Crippen molar-refractivity contribution in [2.75, 3.05) is 7.05 Å². The van der Waals surface area contributed by atoms with Crippen molar-refractivity contribution >= 4 is 12.2 Å². The summed E-state index contributed by atoms with van der Waals surface area (Å²) in [4.78, 5) is 18.7. The van der Waals surface area contributed by atoms with Gasteiger partial charge < -0.3 is 4.90 Å². The van der Waals surface area contributed by atoms with Crippen LogP contribution >= 0.6 is 0 Å². The molecule has 1 heterocycles. The average Bonchev–Trinajstić information content (AvgIpc) is 2.78. The van der Waals surface area contributed by atoms with Crippen molar-refractivity contribution in [3.05, 3.63) is 71.8 Å². The summed E-state index contributed by atoms with van der Waals surface area (Å²) < 4.78 is 0. The summed E-state index contributed by atoms with van der Waals surface area (Å²) in [6.45, 7) is 0. The molecule has 0 unspecified atom stereocenters. The number of carbonyl (C=O) groups is 1. The van der Waals surface area contributed by atoms with Crippen molar-refractivity contribution in [3.63, 3.8) is 0 Å². The molecule has 3 nitrogen and oxygen atoms in total. The van der Waals surface area contributed by atoms with Crippen molar-refractivity contribution in [1.82, 2.24) is 4.90 Å². The molecular formula is C16H14N2O. The van der Waals surface area contributed by atoms with Crippen LogP contribution in [0.25, 0.3) is 0 Å². The van der Waals surface area contributed by atoms with Crippen LogP contribution in [-0.4, -0.2) is 24.2 Å². The molecule has 19 heavy (non-hydrogen) atoms. The van der Waals surface area contributed by atoms with E-state index in [0.29, 0.717) is 0 Å². The molecule has 0 aliphatic carbocycles. The molecule has 1 aliphatic heterocycles. The number of carbonyl (C=O) groups excluding carboxylic acids is 1.